The Bertz CT molecular complexity index is 602. The summed E-state index contributed by atoms with van der Waals surface area (Å²) < 4.78 is 23.5. The minimum Gasteiger partial charge on any atom is -0.389 e. The van der Waals surface area contributed by atoms with Crippen LogP contribution in [-0.4, -0.2) is 31.0 Å². The monoisotopic (exact) mass is 318 g/mol. The molecule has 1 aromatic carbocycles. The van der Waals surface area contributed by atoms with Gasteiger partial charge in [-0.3, -0.25) is 0 Å². The lowest BCUT2D eigenvalue weighted by Gasteiger charge is -2.15. The number of hydrogen-bond acceptors (Lipinski definition) is 4. The number of hydrogen-bond donors (Lipinski definition) is 2. The maximum Gasteiger partial charge on any atom is 0.154 e. The van der Waals surface area contributed by atoms with Crippen molar-refractivity contribution in [3.63, 3.8) is 0 Å². The third-order valence-electron chi connectivity index (χ3n) is 3.23. The van der Waals surface area contributed by atoms with Crippen molar-refractivity contribution >= 4 is 44.3 Å². The number of halogens is 1. The Hall–Kier alpha value is -0.850. The Labute approximate surface area is 123 Å². The fourth-order valence-corrected chi connectivity index (χ4v) is 4.30. The first-order valence-electron chi connectivity index (χ1n) is 5.95. The molecule has 104 valence electrons. The molecule has 2 rings (SSSR count). The third kappa shape index (κ3) is 3.38. The van der Waals surface area contributed by atoms with Crippen molar-refractivity contribution in [2.24, 2.45) is 5.73 Å². The summed E-state index contributed by atoms with van der Waals surface area (Å²) in [5, 5.41) is 3.31. The van der Waals surface area contributed by atoms with Gasteiger partial charge in [-0.15, -0.1) is 0 Å². The van der Waals surface area contributed by atoms with Gasteiger partial charge in [0.15, 0.2) is 9.84 Å². The van der Waals surface area contributed by atoms with Crippen LogP contribution in [0.25, 0.3) is 0 Å². The first kappa shape index (κ1) is 14.6. The van der Waals surface area contributed by atoms with E-state index in [1.807, 2.05) is 0 Å². The van der Waals surface area contributed by atoms with Crippen molar-refractivity contribution in [3.05, 3.63) is 28.8 Å². The molecular formula is C12H15ClN2O2S2. The molecule has 0 radical (unpaired) electrons. The standard InChI is InChI=1S/C12H15ClN2O2S2/c13-8-3-4-10(12(14)18)11(6-8)15-7-9-2-1-5-19(9,16)17/h3-4,6,9,15H,1-2,5,7H2,(H2,14,18). The van der Waals surface area contributed by atoms with Gasteiger partial charge in [0.1, 0.15) is 4.99 Å². The van der Waals surface area contributed by atoms with Crippen LogP contribution in [0.15, 0.2) is 18.2 Å². The van der Waals surface area contributed by atoms with Crippen LogP contribution in [0.3, 0.4) is 0 Å². The van der Waals surface area contributed by atoms with Gasteiger partial charge in [-0.05, 0) is 31.0 Å². The average Bonchev–Trinajstić information content (AvgIpc) is 2.65. The van der Waals surface area contributed by atoms with Crippen LogP contribution in [0.5, 0.6) is 0 Å². The summed E-state index contributed by atoms with van der Waals surface area (Å²) in [5.74, 6) is 0.275. The van der Waals surface area contributed by atoms with E-state index in [2.05, 4.69) is 5.32 Å². The highest BCUT2D eigenvalue weighted by atomic mass is 35.5. The summed E-state index contributed by atoms with van der Waals surface area (Å²) >= 11 is 10.9. The van der Waals surface area contributed by atoms with E-state index in [0.717, 1.165) is 6.42 Å². The third-order valence-corrected chi connectivity index (χ3v) is 5.96. The van der Waals surface area contributed by atoms with Gasteiger partial charge in [0.2, 0.25) is 0 Å². The summed E-state index contributed by atoms with van der Waals surface area (Å²) in [5.41, 5.74) is 6.99. The number of sulfone groups is 1. The highest BCUT2D eigenvalue weighted by Crippen LogP contribution is 2.24. The number of nitrogens with one attached hydrogen (secondary N) is 1. The number of rotatable bonds is 4. The van der Waals surface area contributed by atoms with E-state index >= 15 is 0 Å². The number of thiocarbonyl (C=S) groups is 1. The quantitative estimate of drug-likeness (QED) is 0.830. The molecule has 1 aromatic rings. The normalized spacial score (nSPS) is 21.2. The fraction of sp³-hybridized carbons (Fsp3) is 0.417. The maximum absolute atomic E-state index is 11.8. The summed E-state index contributed by atoms with van der Waals surface area (Å²) in [7, 11) is -2.96. The fourth-order valence-electron chi connectivity index (χ4n) is 2.19. The smallest absolute Gasteiger partial charge is 0.154 e. The molecule has 1 aliphatic rings. The molecule has 0 aliphatic carbocycles. The average molecular weight is 319 g/mol. The Balaban J connectivity index is 2.15. The molecule has 3 N–H and O–H groups in total. The van der Waals surface area contributed by atoms with Crippen molar-refractivity contribution in [2.45, 2.75) is 18.1 Å². The van der Waals surface area contributed by atoms with Crippen LogP contribution in [0, 0.1) is 0 Å². The second-order valence-electron chi connectivity index (χ2n) is 4.57. The molecule has 19 heavy (non-hydrogen) atoms. The molecule has 0 spiro atoms. The topological polar surface area (TPSA) is 72.2 Å². The van der Waals surface area contributed by atoms with E-state index in [4.69, 9.17) is 29.6 Å². The molecule has 1 fully saturated rings. The lowest BCUT2D eigenvalue weighted by molar-refractivity contribution is 0.591. The molecule has 4 nitrogen and oxygen atoms in total. The van der Waals surface area contributed by atoms with Crippen molar-refractivity contribution in [3.8, 4) is 0 Å². The van der Waals surface area contributed by atoms with Crippen molar-refractivity contribution in [2.75, 3.05) is 17.6 Å². The van der Waals surface area contributed by atoms with Gasteiger partial charge >= 0.3 is 0 Å². The largest absolute Gasteiger partial charge is 0.389 e. The maximum atomic E-state index is 11.8. The molecule has 0 saturated carbocycles. The van der Waals surface area contributed by atoms with Gasteiger partial charge < -0.3 is 11.1 Å². The molecule has 1 saturated heterocycles. The Morgan fingerprint density at radius 1 is 1.53 bits per heavy atom. The van der Waals surface area contributed by atoms with E-state index < -0.39 is 9.84 Å². The molecule has 1 heterocycles. The molecular weight excluding hydrogens is 304 g/mol. The van der Waals surface area contributed by atoms with Gasteiger partial charge in [0.05, 0.1) is 11.0 Å². The Morgan fingerprint density at radius 3 is 2.84 bits per heavy atom. The lowest BCUT2D eigenvalue weighted by atomic mass is 10.1. The van der Waals surface area contributed by atoms with E-state index in [1.54, 1.807) is 18.2 Å². The zero-order valence-corrected chi connectivity index (χ0v) is 12.6. The highest BCUT2D eigenvalue weighted by molar-refractivity contribution is 7.92. The van der Waals surface area contributed by atoms with E-state index in [9.17, 15) is 8.42 Å². The molecule has 7 heteroatoms. The van der Waals surface area contributed by atoms with Crippen molar-refractivity contribution in [1.82, 2.24) is 0 Å². The second kappa shape index (κ2) is 5.64. The predicted molar refractivity (Wildman–Crippen MR) is 82.6 cm³/mol. The van der Waals surface area contributed by atoms with Gasteiger partial charge in [-0.1, -0.05) is 23.8 Å². The second-order valence-corrected chi connectivity index (χ2v) is 7.84. The van der Waals surface area contributed by atoms with E-state index in [0.29, 0.717) is 29.2 Å². The lowest BCUT2D eigenvalue weighted by Crippen LogP contribution is -2.26. The van der Waals surface area contributed by atoms with Crippen LogP contribution in [-0.2, 0) is 9.84 Å². The van der Waals surface area contributed by atoms with Crippen LogP contribution in [0.1, 0.15) is 18.4 Å². The van der Waals surface area contributed by atoms with Gasteiger partial charge in [-0.2, -0.15) is 0 Å². The van der Waals surface area contributed by atoms with Crippen LogP contribution in [0.4, 0.5) is 5.69 Å². The summed E-state index contributed by atoms with van der Waals surface area (Å²) in [4.78, 5) is 0.258. The zero-order chi connectivity index (χ0) is 14.0. The SMILES string of the molecule is NC(=S)c1ccc(Cl)cc1NCC1CCCS1(=O)=O. The van der Waals surface area contributed by atoms with Gasteiger partial charge in [0, 0.05) is 22.8 Å². The van der Waals surface area contributed by atoms with Gasteiger partial charge in [-0.25, -0.2) is 8.42 Å². The van der Waals surface area contributed by atoms with Gasteiger partial charge in [0.25, 0.3) is 0 Å². The molecule has 1 atom stereocenters. The van der Waals surface area contributed by atoms with Crippen LogP contribution in [0.2, 0.25) is 5.02 Å². The van der Waals surface area contributed by atoms with E-state index in [-0.39, 0.29) is 16.0 Å². The number of anilines is 1. The summed E-state index contributed by atoms with van der Waals surface area (Å²) in [6, 6.07) is 5.14. The Kier molecular flexibility index (Phi) is 4.32. The van der Waals surface area contributed by atoms with Crippen molar-refractivity contribution in [1.29, 1.82) is 0 Å². The zero-order valence-electron chi connectivity index (χ0n) is 10.2. The highest BCUT2D eigenvalue weighted by Gasteiger charge is 2.30. The summed E-state index contributed by atoms with van der Waals surface area (Å²) in [6.07, 6.45) is 1.42. The van der Waals surface area contributed by atoms with E-state index in [1.165, 1.54) is 0 Å². The van der Waals surface area contributed by atoms with Crippen molar-refractivity contribution < 1.29 is 8.42 Å². The molecule has 1 aliphatic heterocycles. The molecule has 0 aromatic heterocycles. The first-order valence-corrected chi connectivity index (χ1v) is 8.45. The molecule has 1 unspecified atom stereocenters. The first-order chi connectivity index (χ1) is 8.90. The predicted octanol–water partition coefficient (Wildman–Crippen LogP) is 1.96. The van der Waals surface area contributed by atoms with Crippen LogP contribution < -0.4 is 11.1 Å². The molecule has 0 amide bonds. The minimum atomic E-state index is -2.96. The molecule has 0 bridgehead atoms. The van der Waals surface area contributed by atoms with Crippen LogP contribution >= 0.6 is 23.8 Å². The number of benzene rings is 1. The summed E-state index contributed by atoms with van der Waals surface area (Å²) in [6.45, 7) is 0.359. The Morgan fingerprint density at radius 2 is 2.26 bits per heavy atom. The number of nitrogens with two attached hydrogens (primary N) is 1. The minimum absolute atomic E-state index is 0.258.